The maximum atomic E-state index is 15.1. The van der Waals surface area contributed by atoms with E-state index in [2.05, 4.69) is 13.8 Å². The molecule has 0 aliphatic heterocycles. The van der Waals surface area contributed by atoms with Crippen LogP contribution >= 0.6 is 0 Å². The van der Waals surface area contributed by atoms with Crippen molar-refractivity contribution in [3.8, 4) is 5.75 Å². The Morgan fingerprint density at radius 1 is 1.24 bits per heavy atom. The van der Waals surface area contributed by atoms with E-state index >= 15 is 4.39 Å². The van der Waals surface area contributed by atoms with Crippen molar-refractivity contribution in [3.05, 3.63) is 29.3 Å². The summed E-state index contributed by atoms with van der Waals surface area (Å²) in [5, 5.41) is 9.68. The smallest absolute Gasteiger partial charge is 0.115 e. The minimum Gasteiger partial charge on any atom is -0.508 e. The fourth-order valence-electron chi connectivity index (χ4n) is 5.84. The van der Waals surface area contributed by atoms with E-state index in [4.69, 9.17) is 0 Å². The molecule has 0 heterocycles. The number of hydrogen-bond acceptors (Lipinski definition) is 1. The highest BCUT2D eigenvalue weighted by molar-refractivity contribution is 5.40. The summed E-state index contributed by atoms with van der Waals surface area (Å²) in [6.45, 7) is 4.66. The van der Waals surface area contributed by atoms with Crippen LogP contribution in [0.3, 0.4) is 0 Å². The van der Waals surface area contributed by atoms with E-state index in [1.165, 1.54) is 24.0 Å². The summed E-state index contributed by atoms with van der Waals surface area (Å²) in [5.74, 6) is 2.23. The lowest BCUT2D eigenvalue weighted by Gasteiger charge is -2.52. The normalized spacial score (nSPS) is 44.8. The van der Waals surface area contributed by atoms with Crippen LogP contribution in [0.1, 0.15) is 56.6 Å². The van der Waals surface area contributed by atoms with Crippen LogP contribution in [0.15, 0.2) is 18.2 Å². The molecule has 1 aromatic carbocycles. The highest BCUT2D eigenvalue weighted by Gasteiger charge is 2.56. The molecule has 21 heavy (non-hydrogen) atoms. The largest absolute Gasteiger partial charge is 0.508 e. The van der Waals surface area contributed by atoms with E-state index < -0.39 is 6.17 Å². The Morgan fingerprint density at radius 2 is 2.05 bits per heavy atom. The molecule has 3 aliphatic carbocycles. The van der Waals surface area contributed by atoms with E-state index in [1.807, 2.05) is 12.1 Å². The third-order valence-corrected chi connectivity index (χ3v) is 7.12. The zero-order valence-corrected chi connectivity index (χ0v) is 13.0. The zero-order chi connectivity index (χ0) is 14.8. The van der Waals surface area contributed by atoms with Crippen LogP contribution in [0.4, 0.5) is 4.39 Å². The summed E-state index contributed by atoms with van der Waals surface area (Å²) in [4.78, 5) is 0. The second-order valence-electron chi connectivity index (χ2n) is 7.92. The minimum absolute atomic E-state index is 0.0673. The van der Waals surface area contributed by atoms with Gasteiger partial charge < -0.3 is 5.11 Å². The average molecular weight is 288 g/mol. The number of phenols is 1. The third-order valence-electron chi connectivity index (χ3n) is 7.12. The zero-order valence-electron chi connectivity index (χ0n) is 13.0. The second-order valence-corrected chi connectivity index (χ2v) is 7.92. The van der Waals surface area contributed by atoms with Crippen molar-refractivity contribution in [2.24, 2.45) is 23.2 Å². The summed E-state index contributed by atoms with van der Waals surface area (Å²) in [6.07, 6.45) is 4.63. The van der Waals surface area contributed by atoms with Gasteiger partial charge in [-0.2, -0.15) is 0 Å². The predicted molar refractivity (Wildman–Crippen MR) is 82.2 cm³/mol. The van der Waals surface area contributed by atoms with Gasteiger partial charge in [0.1, 0.15) is 11.9 Å². The van der Waals surface area contributed by atoms with Gasteiger partial charge in [0.2, 0.25) is 0 Å². The van der Waals surface area contributed by atoms with Gasteiger partial charge in [-0.1, -0.05) is 19.9 Å². The molecule has 1 N–H and O–H groups in total. The van der Waals surface area contributed by atoms with Gasteiger partial charge in [0, 0.05) is 5.92 Å². The molecule has 0 saturated heterocycles. The van der Waals surface area contributed by atoms with Crippen LogP contribution in [0, 0.1) is 23.2 Å². The number of rotatable bonds is 0. The first-order chi connectivity index (χ1) is 10.0. The molecule has 2 saturated carbocycles. The van der Waals surface area contributed by atoms with Crippen molar-refractivity contribution in [1.29, 1.82) is 0 Å². The molecule has 114 valence electrons. The molecule has 0 spiro atoms. The molecule has 2 fully saturated rings. The quantitative estimate of drug-likeness (QED) is 0.724. The number of phenolic OH excluding ortho intramolecular Hbond substituents is 1. The maximum Gasteiger partial charge on any atom is 0.115 e. The van der Waals surface area contributed by atoms with Crippen molar-refractivity contribution in [2.45, 2.75) is 58.0 Å². The molecule has 0 bridgehead atoms. The Bertz CT molecular complexity index is 569. The summed E-state index contributed by atoms with van der Waals surface area (Å²) >= 11 is 0. The fourth-order valence-corrected chi connectivity index (χ4v) is 5.84. The van der Waals surface area contributed by atoms with E-state index in [1.54, 1.807) is 6.07 Å². The lowest BCUT2D eigenvalue weighted by Crippen LogP contribution is -2.47. The topological polar surface area (TPSA) is 20.2 Å². The molecule has 1 nitrogen and oxygen atoms in total. The van der Waals surface area contributed by atoms with Crippen LogP contribution < -0.4 is 0 Å². The molecule has 4 rings (SSSR count). The van der Waals surface area contributed by atoms with Crippen LogP contribution in [-0.2, 0) is 6.42 Å². The number of alkyl halides is 1. The Morgan fingerprint density at radius 3 is 2.86 bits per heavy atom. The highest BCUT2D eigenvalue weighted by atomic mass is 19.1. The summed E-state index contributed by atoms with van der Waals surface area (Å²) in [5.41, 5.74) is 2.56. The van der Waals surface area contributed by atoms with Crippen molar-refractivity contribution in [1.82, 2.24) is 0 Å². The van der Waals surface area contributed by atoms with Crippen molar-refractivity contribution in [3.63, 3.8) is 0 Å². The standard InChI is InChI=1S/C19H25FO/c1-11-3-8-16-15-6-4-12-9-13(21)5-7-14(12)18(15)17(20)10-19(11,16)2/h5,7,9,11,15-18,21H,3-4,6,8,10H2,1-2H3. The number of hydrogen-bond donors (Lipinski definition) is 1. The van der Waals surface area contributed by atoms with Gasteiger partial charge in [0.15, 0.2) is 0 Å². The SMILES string of the molecule is CC1CCC2C3CCc4cc(O)ccc4C3C(F)CC12C. The molecule has 0 radical (unpaired) electrons. The first kappa shape index (κ1) is 13.6. The first-order valence-corrected chi connectivity index (χ1v) is 8.46. The van der Waals surface area contributed by atoms with Crippen LogP contribution in [0.25, 0.3) is 0 Å². The Hall–Kier alpha value is -1.05. The van der Waals surface area contributed by atoms with Gasteiger partial charge >= 0.3 is 0 Å². The van der Waals surface area contributed by atoms with Gasteiger partial charge in [0.25, 0.3) is 0 Å². The van der Waals surface area contributed by atoms with Crippen LogP contribution in [0.2, 0.25) is 0 Å². The molecule has 3 aliphatic rings. The van der Waals surface area contributed by atoms with Gasteiger partial charge in [-0.15, -0.1) is 0 Å². The molecular weight excluding hydrogens is 263 g/mol. The Kier molecular flexibility index (Phi) is 2.90. The second kappa shape index (κ2) is 4.47. The van der Waals surface area contributed by atoms with Gasteiger partial charge in [-0.25, -0.2) is 4.39 Å². The lowest BCUT2D eigenvalue weighted by atomic mass is 9.53. The van der Waals surface area contributed by atoms with Gasteiger partial charge in [-0.05, 0) is 78.5 Å². The van der Waals surface area contributed by atoms with E-state index in [0.717, 1.165) is 19.3 Å². The van der Waals surface area contributed by atoms with E-state index in [0.29, 0.717) is 23.5 Å². The number of aromatic hydroxyl groups is 1. The molecule has 6 unspecified atom stereocenters. The Labute approximate surface area is 126 Å². The van der Waals surface area contributed by atoms with Gasteiger partial charge in [-0.3, -0.25) is 0 Å². The van der Waals surface area contributed by atoms with Crippen LogP contribution in [-0.4, -0.2) is 11.3 Å². The number of fused-ring (bicyclic) bond motifs is 5. The first-order valence-electron chi connectivity index (χ1n) is 8.46. The molecule has 1 aromatic rings. The molecule has 6 atom stereocenters. The van der Waals surface area contributed by atoms with Crippen molar-refractivity contribution < 1.29 is 9.50 Å². The molecular formula is C19H25FO. The monoisotopic (exact) mass is 288 g/mol. The summed E-state index contributed by atoms with van der Waals surface area (Å²) in [7, 11) is 0. The Balaban J connectivity index is 1.76. The van der Waals surface area contributed by atoms with Crippen molar-refractivity contribution in [2.75, 3.05) is 0 Å². The molecule has 0 aromatic heterocycles. The van der Waals surface area contributed by atoms with Crippen molar-refractivity contribution >= 4 is 0 Å². The minimum atomic E-state index is -0.722. The lowest BCUT2D eigenvalue weighted by molar-refractivity contribution is -0.0180. The molecule has 0 amide bonds. The average Bonchev–Trinajstić information content (AvgIpc) is 2.74. The third kappa shape index (κ3) is 1.80. The van der Waals surface area contributed by atoms with Crippen LogP contribution in [0.5, 0.6) is 5.75 Å². The van der Waals surface area contributed by atoms with Gasteiger partial charge in [0.05, 0.1) is 0 Å². The highest BCUT2D eigenvalue weighted by Crippen LogP contribution is 2.63. The number of benzene rings is 1. The number of aryl methyl sites for hydroxylation is 1. The van der Waals surface area contributed by atoms with E-state index in [9.17, 15) is 5.11 Å². The molecule has 2 heteroatoms. The predicted octanol–water partition coefficient (Wildman–Crippen LogP) is 4.83. The van der Waals surface area contributed by atoms with E-state index in [-0.39, 0.29) is 11.3 Å². The summed E-state index contributed by atoms with van der Waals surface area (Å²) in [6, 6.07) is 5.57. The number of halogens is 1. The fraction of sp³-hybridized carbons (Fsp3) is 0.684. The maximum absolute atomic E-state index is 15.1. The summed E-state index contributed by atoms with van der Waals surface area (Å²) < 4.78 is 15.1.